The highest BCUT2D eigenvalue weighted by atomic mass is 32.2. The molecule has 2 aromatic carbocycles. The lowest BCUT2D eigenvalue weighted by Gasteiger charge is -2.31. The number of hydrogen-bond acceptors (Lipinski definition) is 5. The highest BCUT2D eigenvalue weighted by molar-refractivity contribution is 7.89. The molecule has 33 heavy (non-hydrogen) atoms. The monoisotopic (exact) mass is 490 g/mol. The zero-order valence-electron chi connectivity index (χ0n) is 17.8. The molecule has 1 fully saturated rings. The Morgan fingerprint density at radius 2 is 1.73 bits per heavy atom. The second-order valence-corrected chi connectivity index (χ2v) is 9.28. The second-order valence-electron chi connectivity index (χ2n) is 7.38. The van der Waals surface area contributed by atoms with Gasteiger partial charge in [0.25, 0.3) is 0 Å². The first-order valence-electron chi connectivity index (χ1n) is 9.87. The van der Waals surface area contributed by atoms with Gasteiger partial charge >= 0.3 is 6.18 Å². The second kappa shape index (κ2) is 9.56. The molecule has 0 spiro atoms. The van der Waals surface area contributed by atoms with Crippen LogP contribution < -0.4 is 14.8 Å². The van der Waals surface area contributed by atoms with Crippen LogP contribution in [0.25, 0.3) is 0 Å². The molecule has 1 aliphatic heterocycles. The quantitative estimate of drug-likeness (QED) is 0.621. The van der Waals surface area contributed by atoms with E-state index in [1.54, 1.807) is 6.07 Å². The van der Waals surface area contributed by atoms with Gasteiger partial charge in [-0.05, 0) is 43.2 Å². The number of benzene rings is 2. The van der Waals surface area contributed by atoms with Gasteiger partial charge in [-0.1, -0.05) is 0 Å². The lowest BCUT2D eigenvalue weighted by molar-refractivity contribution is -0.140. The summed E-state index contributed by atoms with van der Waals surface area (Å²) in [6.45, 7) is 0.0516. The van der Waals surface area contributed by atoms with Crippen LogP contribution in [0.4, 0.5) is 23.2 Å². The minimum Gasteiger partial charge on any atom is -0.497 e. The van der Waals surface area contributed by atoms with Gasteiger partial charge in [0.1, 0.15) is 22.2 Å². The molecule has 0 aliphatic carbocycles. The number of carbonyl (C=O) groups is 1. The minimum atomic E-state index is -4.90. The molecule has 12 heteroatoms. The van der Waals surface area contributed by atoms with Gasteiger partial charge in [-0.15, -0.1) is 0 Å². The van der Waals surface area contributed by atoms with Crippen LogP contribution >= 0.6 is 0 Å². The van der Waals surface area contributed by atoms with Gasteiger partial charge in [0.15, 0.2) is 0 Å². The predicted molar refractivity (Wildman–Crippen MR) is 111 cm³/mol. The van der Waals surface area contributed by atoms with Crippen molar-refractivity contribution in [2.75, 3.05) is 32.6 Å². The molecule has 1 saturated heterocycles. The van der Waals surface area contributed by atoms with Gasteiger partial charge in [0.05, 0.1) is 19.8 Å². The summed E-state index contributed by atoms with van der Waals surface area (Å²) in [7, 11) is -1.19. The van der Waals surface area contributed by atoms with E-state index in [2.05, 4.69) is 5.32 Å². The largest absolute Gasteiger partial charge is 0.497 e. The molecule has 1 N–H and O–H groups in total. The van der Waals surface area contributed by atoms with E-state index in [0.29, 0.717) is 17.9 Å². The van der Waals surface area contributed by atoms with E-state index in [1.165, 1.54) is 30.7 Å². The molecule has 0 aromatic heterocycles. The Morgan fingerprint density at radius 3 is 2.30 bits per heavy atom. The van der Waals surface area contributed by atoms with E-state index >= 15 is 0 Å². The molecule has 1 heterocycles. The summed E-state index contributed by atoms with van der Waals surface area (Å²) in [5, 5.41) is 2.36. The fourth-order valence-electron chi connectivity index (χ4n) is 3.55. The Bertz CT molecular complexity index is 1130. The maximum atomic E-state index is 13.4. The predicted octanol–water partition coefficient (Wildman–Crippen LogP) is 3.90. The van der Waals surface area contributed by atoms with E-state index < -0.39 is 39.4 Å². The number of halogens is 4. The van der Waals surface area contributed by atoms with E-state index in [4.69, 9.17) is 9.47 Å². The van der Waals surface area contributed by atoms with Crippen LogP contribution in [0.2, 0.25) is 0 Å². The fraction of sp³-hybridized carbons (Fsp3) is 0.381. The summed E-state index contributed by atoms with van der Waals surface area (Å²) in [5.41, 5.74) is -1.67. The number of methoxy groups -OCH3 is 2. The number of nitrogens with zero attached hydrogens (tertiary/aromatic N) is 1. The highest BCUT2D eigenvalue weighted by Gasteiger charge is 2.36. The molecule has 3 rings (SSSR count). The van der Waals surface area contributed by atoms with Gasteiger partial charge in [-0.3, -0.25) is 4.79 Å². The Kier molecular flexibility index (Phi) is 7.17. The standard InChI is InChI=1S/C21H22F4N2O5S/c1-31-15-4-6-18(32-2)19(12-15)33(29,30)27-9-7-13(8-10-27)20(28)26-14-3-5-17(22)16(11-14)21(23,24)25/h3-6,11-13H,7-10H2,1-2H3,(H,26,28). The van der Waals surface area contributed by atoms with Crippen LogP contribution in [0.3, 0.4) is 0 Å². The molecule has 1 amide bonds. The molecule has 0 atom stereocenters. The fourth-order valence-corrected chi connectivity index (χ4v) is 5.19. The lowest BCUT2D eigenvalue weighted by Crippen LogP contribution is -2.41. The number of ether oxygens (including phenoxy) is 2. The molecule has 0 unspecified atom stereocenters. The number of piperidine rings is 1. The topological polar surface area (TPSA) is 84.9 Å². The molecular formula is C21H22F4N2O5S. The number of sulfonamides is 1. The summed E-state index contributed by atoms with van der Waals surface area (Å²) >= 11 is 0. The molecule has 0 radical (unpaired) electrons. The lowest BCUT2D eigenvalue weighted by atomic mass is 9.97. The molecule has 2 aromatic rings. The number of carbonyl (C=O) groups excluding carboxylic acids is 1. The maximum Gasteiger partial charge on any atom is 0.419 e. The molecule has 7 nitrogen and oxygen atoms in total. The van der Waals surface area contributed by atoms with E-state index in [0.717, 1.165) is 6.07 Å². The van der Waals surface area contributed by atoms with Crippen molar-refractivity contribution in [3.63, 3.8) is 0 Å². The van der Waals surface area contributed by atoms with Gasteiger partial charge in [0, 0.05) is 30.8 Å². The van der Waals surface area contributed by atoms with Crippen LogP contribution in [0.1, 0.15) is 18.4 Å². The molecule has 0 bridgehead atoms. The van der Waals surface area contributed by atoms with Crippen molar-refractivity contribution in [2.24, 2.45) is 5.92 Å². The third-order valence-corrected chi connectivity index (χ3v) is 7.27. The van der Waals surface area contributed by atoms with Gasteiger partial charge in [0.2, 0.25) is 15.9 Å². The summed E-state index contributed by atoms with van der Waals surface area (Å²) in [6.07, 6.45) is -4.58. The molecule has 1 aliphatic rings. The molecular weight excluding hydrogens is 468 g/mol. The average Bonchev–Trinajstić information content (AvgIpc) is 2.79. The first-order valence-corrected chi connectivity index (χ1v) is 11.3. The van der Waals surface area contributed by atoms with E-state index in [1.807, 2.05) is 0 Å². The Labute approximate surface area is 188 Å². The number of rotatable bonds is 6. The third-order valence-electron chi connectivity index (χ3n) is 5.35. The number of nitrogens with one attached hydrogen (secondary N) is 1. The Balaban J connectivity index is 1.69. The zero-order chi connectivity index (χ0) is 24.4. The van der Waals surface area contributed by atoms with Crippen molar-refractivity contribution in [3.05, 3.63) is 47.8 Å². The van der Waals surface area contributed by atoms with Crippen LogP contribution in [0.15, 0.2) is 41.3 Å². The van der Waals surface area contributed by atoms with Gasteiger partial charge in [-0.25, -0.2) is 12.8 Å². The molecule has 0 saturated carbocycles. The summed E-state index contributed by atoms with van der Waals surface area (Å²) in [6, 6.07) is 6.59. The van der Waals surface area contributed by atoms with Crippen molar-refractivity contribution >= 4 is 21.6 Å². The van der Waals surface area contributed by atoms with Crippen molar-refractivity contribution in [3.8, 4) is 11.5 Å². The maximum absolute atomic E-state index is 13.4. The van der Waals surface area contributed by atoms with Crippen LogP contribution in [0, 0.1) is 11.7 Å². The number of amides is 1. The van der Waals surface area contributed by atoms with Crippen LogP contribution in [0.5, 0.6) is 11.5 Å². The first kappa shape index (κ1) is 24.8. The van der Waals surface area contributed by atoms with Crippen molar-refractivity contribution in [2.45, 2.75) is 23.9 Å². The Hall–Kier alpha value is -2.86. The van der Waals surface area contributed by atoms with Crippen LogP contribution in [-0.4, -0.2) is 45.9 Å². The van der Waals surface area contributed by atoms with Crippen molar-refractivity contribution in [1.29, 1.82) is 0 Å². The number of alkyl halides is 3. The van der Waals surface area contributed by atoms with Gasteiger partial charge < -0.3 is 14.8 Å². The first-order chi connectivity index (χ1) is 15.5. The summed E-state index contributed by atoms with van der Waals surface area (Å²) in [5.74, 6) is -2.14. The number of hydrogen-bond donors (Lipinski definition) is 1. The van der Waals surface area contributed by atoms with Crippen molar-refractivity contribution < 1.29 is 40.2 Å². The van der Waals surface area contributed by atoms with E-state index in [-0.39, 0.29) is 42.3 Å². The third kappa shape index (κ3) is 5.38. The smallest absolute Gasteiger partial charge is 0.419 e. The van der Waals surface area contributed by atoms with Crippen LogP contribution in [-0.2, 0) is 21.0 Å². The summed E-state index contributed by atoms with van der Waals surface area (Å²) < 4.78 is 89.8. The molecule has 180 valence electrons. The van der Waals surface area contributed by atoms with Gasteiger partial charge in [-0.2, -0.15) is 17.5 Å². The Morgan fingerprint density at radius 1 is 1.06 bits per heavy atom. The number of anilines is 1. The average molecular weight is 490 g/mol. The van der Waals surface area contributed by atoms with E-state index in [9.17, 15) is 30.8 Å². The summed E-state index contributed by atoms with van der Waals surface area (Å²) in [4.78, 5) is 12.5. The highest BCUT2D eigenvalue weighted by Crippen LogP contribution is 2.34. The zero-order valence-corrected chi connectivity index (χ0v) is 18.6. The normalized spacial score (nSPS) is 15.8. The SMILES string of the molecule is COc1ccc(OC)c(S(=O)(=O)N2CCC(C(=O)Nc3ccc(F)c(C(F)(F)F)c3)CC2)c1. The van der Waals surface area contributed by atoms with Crippen molar-refractivity contribution in [1.82, 2.24) is 4.31 Å². The minimum absolute atomic E-state index is 0.0258.